The second-order valence-corrected chi connectivity index (χ2v) is 7.46. The fourth-order valence-corrected chi connectivity index (χ4v) is 4.49. The van der Waals surface area contributed by atoms with Gasteiger partial charge in [-0.1, -0.05) is 30.3 Å². The Bertz CT molecular complexity index is 870. The Morgan fingerprint density at radius 3 is 2.48 bits per heavy atom. The molecule has 6 nitrogen and oxygen atoms in total. The Morgan fingerprint density at radius 1 is 1.04 bits per heavy atom. The molecule has 2 atom stereocenters. The summed E-state index contributed by atoms with van der Waals surface area (Å²) in [6.07, 6.45) is 2.77. The van der Waals surface area contributed by atoms with Gasteiger partial charge < -0.3 is 18.8 Å². The van der Waals surface area contributed by atoms with Crippen molar-refractivity contribution in [3.8, 4) is 0 Å². The number of hydrogen-bond donors (Lipinski definition) is 0. The Hall–Kier alpha value is -2.06. The minimum absolute atomic E-state index is 0.171. The van der Waals surface area contributed by atoms with E-state index in [0.717, 1.165) is 5.46 Å². The lowest BCUT2D eigenvalue weighted by Crippen LogP contribution is -2.67. The number of allylic oxidation sites excluding steroid dienone is 2. The molecule has 0 unspecified atom stereocenters. The minimum Gasteiger partial charge on any atom is -0.400 e. The molecule has 5 rings (SSSR count). The lowest BCUT2D eigenvalue weighted by Gasteiger charge is -2.54. The maximum absolute atomic E-state index is 12.5. The van der Waals surface area contributed by atoms with E-state index in [1.807, 2.05) is 37.3 Å². The summed E-state index contributed by atoms with van der Waals surface area (Å²) in [6.45, 7) is 2.77. The van der Waals surface area contributed by atoms with Gasteiger partial charge in [-0.2, -0.15) is 0 Å². The highest BCUT2D eigenvalue weighted by molar-refractivity contribution is 6.61. The van der Waals surface area contributed by atoms with Crippen molar-refractivity contribution in [1.29, 1.82) is 0 Å². The maximum Gasteiger partial charge on any atom is 0.494 e. The van der Waals surface area contributed by atoms with Gasteiger partial charge in [0.2, 0.25) is 0 Å². The first kappa shape index (κ1) is 17.1. The molecule has 2 aliphatic carbocycles. The van der Waals surface area contributed by atoms with E-state index in [1.165, 1.54) is 12.2 Å². The van der Waals surface area contributed by atoms with Crippen molar-refractivity contribution >= 4 is 24.1 Å². The van der Waals surface area contributed by atoms with Gasteiger partial charge in [-0.05, 0) is 24.5 Å². The number of hydrogen-bond acceptors (Lipinski definition) is 6. The van der Waals surface area contributed by atoms with Gasteiger partial charge in [-0.25, -0.2) is 0 Å². The van der Waals surface area contributed by atoms with E-state index in [-0.39, 0.29) is 18.0 Å². The van der Waals surface area contributed by atoms with Crippen molar-refractivity contribution in [3.05, 3.63) is 53.6 Å². The lowest BCUT2D eigenvalue weighted by atomic mass is 9.65. The normalized spacial score (nSPS) is 32.0. The van der Waals surface area contributed by atoms with E-state index in [2.05, 4.69) is 0 Å². The van der Waals surface area contributed by atoms with Gasteiger partial charge in [0.1, 0.15) is 5.60 Å². The van der Waals surface area contributed by atoms with E-state index >= 15 is 0 Å². The molecule has 27 heavy (non-hydrogen) atoms. The quantitative estimate of drug-likeness (QED) is 0.577. The highest BCUT2D eigenvalue weighted by Crippen LogP contribution is 2.50. The number of ketones is 2. The number of fused-ring (bicyclic) bond motifs is 3. The van der Waals surface area contributed by atoms with Crippen LogP contribution in [0.3, 0.4) is 0 Å². The van der Waals surface area contributed by atoms with Gasteiger partial charge in [0, 0.05) is 24.0 Å². The second-order valence-electron chi connectivity index (χ2n) is 7.46. The first-order valence-corrected chi connectivity index (χ1v) is 9.17. The molecular weight excluding hydrogens is 347 g/mol. The molecule has 2 fully saturated rings. The van der Waals surface area contributed by atoms with Crippen molar-refractivity contribution in [3.63, 3.8) is 0 Å². The highest BCUT2D eigenvalue weighted by atomic mass is 16.8. The standard InChI is InChI=1S/C20H19BO6/c1-19(24-9-10-25-19)20-11-14-15(22)7-8-16(23)18(14)17(12-20)26-21(27-20)13-5-3-2-4-6-13/h2-8,17H,9-12H2,1H3/t17-,20-/m0/s1. The number of ether oxygens (including phenoxy) is 2. The van der Waals surface area contributed by atoms with Crippen LogP contribution in [0, 0.1) is 0 Å². The van der Waals surface area contributed by atoms with Gasteiger partial charge in [-0.15, -0.1) is 0 Å². The third-order valence-corrected chi connectivity index (χ3v) is 5.93. The van der Waals surface area contributed by atoms with Crippen LogP contribution in [0.2, 0.25) is 0 Å². The number of carbonyl (C=O) groups is 2. The van der Waals surface area contributed by atoms with Crippen molar-refractivity contribution < 1.29 is 28.4 Å². The minimum atomic E-state index is -1.01. The van der Waals surface area contributed by atoms with Gasteiger partial charge >= 0.3 is 7.12 Å². The summed E-state index contributed by atoms with van der Waals surface area (Å²) in [5.74, 6) is -1.36. The second kappa shape index (κ2) is 5.97. The third kappa shape index (κ3) is 2.50. The molecule has 0 amide bonds. The SMILES string of the molecule is CC1([C@]23CC4=C(C(=O)C=CC4=O)[C@H](C2)OB(c2ccccc2)O3)OCCO1. The molecule has 4 aliphatic rings. The molecule has 1 aromatic rings. The topological polar surface area (TPSA) is 71.1 Å². The zero-order valence-electron chi connectivity index (χ0n) is 15.0. The molecule has 0 spiro atoms. The summed E-state index contributed by atoms with van der Waals surface area (Å²) >= 11 is 0. The highest BCUT2D eigenvalue weighted by Gasteiger charge is 2.62. The molecule has 2 aliphatic heterocycles. The van der Waals surface area contributed by atoms with E-state index in [4.69, 9.17) is 18.8 Å². The van der Waals surface area contributed by atoms with Crippen LogP contribution in [-0.2, 0) is 28.4 Å². The van der Waals surface area contributed by atoms with Gasteiger partial charge in [0.25, 0.3) is 0 Å². The average molecular weight is 366 g/mol. The smallest absolute Gasteiger partial charge is 0.400 e. The van der Waals surface area contributed by atoms with Crippen LogP contribution in [0.5, 0.6) is 0 Å². The van der Waals surface area contributed by atoms with E-state index in [1.54, 1.807) is 0 Å². The Kier molecular flexibility index (Phi) is 3.78. The summed E-state index contributed by atoms with van der Waals surface area (Å²) in [7, 11) is -0.669. The van der Waals surface area contributed by atoms with Crippen LogP contribution in [-0.4, -0.2) is 49.4 Å². The summed E-state index contributed by atoms with van der Waals surface area (Å²) in [5.41, 5.74) is 0.837. The molecule has 2 bridgehead atoms. The molecule has 2 heterocycles. The Balaban J connectivity index is 1.63. The molecular formula is C20H19BO6. The maximum atomic E-state index is 12.5. The van der Waals surface area contributed by atoms with Crippen LogP contribution < -0.4 is 5.46 Å². The zero-order chi connectivity index (χ0) is 18.6. The number of benzene rings is 1. The fraction of sp³-hybridized carbons (Fsp3) is 0.400. The largest absolute Gasteiger partial charge is 0.494 e. The van der Waals surface area contributed by atoms with Crippen molar-refractivity contribution in [1.82, 2.24) is 0 Å². The lowest BCUT2D eigenvalue weighted by molar-refractivity contribution is -0.270. The summed E-state index contributed by atoms with van der Waals surface area (Å²) in [5, 5.41) is 0. The predicted molar refractivity (Wildman–Crippen MR) is 96.2 cm³/mol. The van der Waals surface area contributed by atoms with Crippen LogP contribution in [0.4, 0.5) is 0 Å². The molecule has 138 valence electrons. The molecule has 0 aromatic heterocycles. The zero-order valence-corrected chi connectivity index (χ0v) is 15.0. The predicted octanol–water partition coefficient (Wildman–Crippen LogP) is 1.10. The van der Waals surface area contributed by atoms with Crippen LogP contribution in [0.15, 0.2) is 53.6 Å². The van der Waals surface area contributed by atoms with E-state index in [9.17, 15) is 9.59 Å². The van der Waals surface area contributed by atoms with Crippen LogP contribution in [0.25, 0.3) is 0 Å². The van der Waals surface area contributed by atoms with Crippen LogP contribution >= 0.6 is 0 Å². The number of rotatable bonds is 2. The van der Waals surface area contributed by atoms with Crippen molar-refractivity contribution in [2.24, 2.45) is 0 Å². The van der Waals surface area contributed by atoms with Gasteiger partial charge in [0.15, 0.2) is 17.4 Å². The van der Waals surface area contributed by atoms with Gasteiger partial charge in [0.05, 0.1) is 19.3 Å². The van der Waals surface area contributed by atoms with Crippen molar-refractivity contribution in [2.75, 3.05) is 13.2 Å². The first-order valence-electron chi connectivity index (χ1n) is 9.17. The summed E-state index contributed by atoms with van der Waals surface area (Å²) < 4.78 is 24.5. The molecule has 1 aromatic carbocycles. The molecule has 0 saturated carbocycles. The average Bonchev–Trinajstić information content (AvgIpc) is 3.13. The number of carbonyl (C=O) groups excluding carboxylic acids is 2. The third-order valence-electron chi connectivity index (χ3n) is 5.93. The summed E-state index contributed by atoms with van der Waals surface area (Å²) in [6, 6.07) is 9.57. The molecule has 2 saturated heterocycles. The summed E-state index contributed by atoms with van der Waals surface area (Å²) in [4.78, 5) is 25.1. The van der Waals surface area contributed by atoms with Crippen LogP contribution in [0.1, 0.15) is 19.8 Å². The van der Waals surface area contributed by atoms with Gasteiger partial charge in [-0.3, -0.25) is 9.59 Å². The van der Waals surface area contributed by atoms with E-state index < -0.39 is 24.6 Å². The molecule has 7 heteroatoms. The Labute approximate surface area is 157 Å². The fourth-order valence-electron chi connectivity index (χ4n) is 4.49. The first-order chi connectivity index (χ1) is 13.0. The Morgan fingerprint density at radius 2 is 1.74 bits per heavy atom. The monoisotopic (exact) mass is 366 g/mol. The molecule has 0 N–H and O–H groups in total. The van der Waals surface area contributed by atoms with Crippen molar-refractivity contribution in [2.45, 2.75) is 37.3 Å². The van der Waals surface area contributed by atoms with E-state index in [0.29, 0.717) is 30.8 Å². The molecule has 0 radical (unpaired) electrons.